The van der Waals surface area contributed by atoms with E-state index in [1.54, 1.807) is 30.9 Å². The summed E-state index contributed by atoms with van der Waals surface area (Å²) in [5.41, 5.74) is -0.913. The highest BCUT2D eigenvalue weighted by Crippen LogP contribution is 2.24. The van der Waals surface area contributed by atoms with Crippen molar-refractivity contribution in [1.82, 2.24) is 10.2 Å². The average molecular weight is 378 g/mol. The number of piperazine rings is 1. The van der Waals surface area contributed by atoms with Crippen LogP contribution in [0.1, 0.15) is 30.2 Å². The van der Waals surface area contributed by atoms with Crippen LogP contribution < -0.4 is 10.1 Å². The van der Waals surface area contributed by atoms with Crippen LogP contribution >= 0.6 is 0 Å². The zero-order valence-electron chi connectivity index (χ0n) is 15.9. The summed E-state index contributed by atoms with van der Waals surface area (Å²) in [5, 5.41) is 5.03. The number of ether oxygens (including phenoxy) is 1. The van der Waals surface area contributed by atoms with E-state index in [-0.39, 0.29) is 24.2 Å². The molecule has 0 unspecified atom stereocenters. The van der Waals surface area contributed by atoms with Gasteiger partial charge in [0.15, 0.2) is 5.76 Å². The molecule has 1 fully saturated rings. The second-order valence-corrected chi connectivity index (χ2v) is 7.34. The second kappa shape index (κ2) is 7.03. The van der Waals surface area contributed by atoms with Gasteiger partial charge in [-0.3, -0.25) is 9.59 Å². The zero-order valence-corrected chi connectivity index (χ0v) is 15.9. The molecule has 0 radical (unpaired) electrons. The standard InChI is InChI=1S/C22H22N2O4/c1-22(2)21(26)23-11-12-24(22)20(25)19-10-9-18(28-19)14-27-17-8-7-15-5-3-4-6-16(15)13-17/h3-10,13H,11-12,14H2,1-2H3,(H,23,26). The quantitative estimate of drug-likeness (QED) is 0.756. The molecule has 6 heteroatoms. The van der Waals surface area contributed by atoms with Gasteiger partial charge in [-0.1, -0.05) is 30.3 Å². The smallest absolute Gasteiger partial charge is 0.290 e. The summed E-state index contributed by atoms with van der Waals surface area (Å²) in [6.07, 6.45) is 0. The Labute approximate surface area is 163 Å². The summed E-state index contributed by atoms with van der Waals surface area (Å²) in [4.78, 5) is 26.4. The second-order valence-electron chi connectivity index (χ2n) is 7.34. The number of hydrogen-bond donors (Lipinski definition) is 1. The number of hydrogen-bond acceptors (Lipinski definition) is 4. The van der Waals surface area contributed by atoms with E-state index in [4.69, 9.17) is 9.15 Å². The predicted molar refractivity (Wildman–Crippen MR) is 105 cm³/mol. The van der Waals surface area contributed by atoms with Gasteiger partial charge in [-0.25, -0.2) is 0 Å². The van der Waals surface area contributed by atoms with Gasteiger partial charge in [-0.15, -0.1) is 0 Å². The Kier molecular flexibility index (Phi) is 4.55. The lowest BCUT2D eigenvalue weighted by Gasteiger charge is -2.40. The number of nitrogens with one attached hydrogen (secondary N) is 1. The molecular formula is C22H22N2O4. The van der Waals surface area contributed by atoms with E-state index in [0.717, 1.165) is 16.5 Å². The first-order chi connectivity index (χ1) is 13.4. The first-order valence-electron chi connectivity index (χ1n) is 9.26. The molecule has 1 aromatic heterocycles. The average Bonchev–Trinajstić information content (AvgIpc) is 3.17. The highest BCUT2D eigenvalue weighted by atomic mass is 16.5. The first-order valence-corrected chi connectivity index (χ1v) is 9.26. The fourth-order valence-corrected chi connectivity index (χ4v) is 3.37. The van der Waals surface area contributed by atoms with Gasteiger partial charge in [0.25, 0.3) is 5.91 Å². The van der Waals surface area contributed by atoms with Crippen molar-refractivity contribution in [2.45, 2.75) is 26.0 Å². The van der Waals surface area contributed by atoms with Crippen molar-refractivity contribution in [2.75, 3.05) is 13.1 Å². The third kappa shape index (κ3) is 3.33. The minimum Gasteiger partial charge on any atom is -0.486 e. The fourth-order valence-electron chi connectivity index (χ4n) is 3.37. The van der Waals surface area contributed by atoms with Crippen molar-refractivity contribution < 1.29 is 18.7 Å². The lowest BCUT2D eigenvalue weighted by atomic mass is 9.98. The van der Waals surface area contributed by atoms with Gasteiger partial charge in [0.1, 0.15) is 23.7 Å². The Bertz CT molecular complexity index is 1040. The van der Waals surface area contributed by atoms with Crippen molar-refractivity contribution in [3.63, 3.8) is 0 Å². The Morgan fingerprint density at radius 2 is 1.93 bits per heavy atom. The molecule has 28 heavy (non-hydrogen) atoms. The van der Waals surface area contributed by atoms with E-state index >= 15 is 0 Å². The molecule has 2 heterocycles. The molecule has 0 saturated carbocycles. The molecule has 4 rings (SSSR count). The summed E-state index contributed by atoms with van der Waals surface area (Å²) in [6, 6.07) is 17.3. The third-order valence-corrected chi connectivity index (χ3v) is 5.07. The van der Waals surface area contributed by atoms with Crippen LogP contribution in [0.5, 0.6) is 5.75 Å². The van der Waals surface area contributed by atoms with Gasteiger partial charge in [-0.2, -0.15) is 0 Å². The van der Waals surface area contributed by atoms with Crippen molar-refractivity contribution in [3.05, 3.63) is 66.1 Å². The van der Waals surface area contributed by atoms with Crippen LogP contribution in [-0.2, 0) is 11.4 Å². The number of benzene rings is 2. The molecule has 1 aliphatic heterocycles. The molecule has 0 bridgehead atoms. The maximum absolute atomic E-state index is 12.8. The van der Waals surface area contributed by atoms with Crippen LogP contribution in [0.15, 0.2) is 59.0 Å². The van der Waals surface area contributed by atoms with Crippen molar-refractivity contribution in [1.29, 1.82) is 0 Å². The largest absolute Gasteiger partial charge is 0.486 e. The van der Waals surface area contributed by atoms with Crippen molar-refractivity contribution in [3.8, 4) is 5.75 Å². The molecule has 2 aromatic carbocycles. The number of nitrogens with zero attached hydrogens (tertiary/aromatic N) is 1. The fraction of sp³-hybridized carbons (Fsp3) is 0.273. The van der Waals surface area contributed by atoms with Crippen LogP contribution in [0.2, 0.25) is 0 Å². The Balaban J connectivity index is 1.45. The summed E-state index contributed by atoms with van der Waals surface area (Å²) < 4.78 is 11.5. The van der Waals surface area contributed by atoms with Crippen LogP contribution in [0.25, 0.3) is 10.8 Å². The molecule has 3 aromatic rings. The minimum atomic E-state index is -0.913. The normalized spacial score (nSPS) is 16.1. The highest BCUT2D eigenvalue weighted by Gasteiger charge is 2.41. The Morgan fingerprint density at radius 3 is 2.75 bits per heavy atom. The first kappa shape index (κ1) is 18.1. The van der Waals surface area contributed by atoms with Crippen LogP contribution in [-0.4, -0.2) is 35.3 Å². The highest BCUT2D eigenvalue weighted by molar-refractivity contribution is 5.98. The summed E-state index contributed by atoms with van der Waals surface area (Å²) >= 11 is 0. The SMILES string of the molecule is CC1(C)C(=O)NCCN1C(=O)c1ccc(COc2ccc3ccccc3c2)o1. The molecular weight excluding hydrogens is 356 g/mol. The van der Waals surface area contributed by atoms with E-state index in [2.05, 4.69) is 5.32 Å². The van der Waals surface area contributed by atoms with Crippen LogP contribution in [0.3, 0.4) is 0 Å². The molecule has 144 valence electrons. The van der Waals surface area contributed by atoms with Crippen molar-refractivity contribution in [2.24, 2.45) is 0 Å². The number of carbonyl (C=O) groups is 2. The molecule has 0 spiro atoms. The van der Waals surface area contributed by atoms with E-state index in [1.165, 1.54) is 0 Å². The van der Waals surface area contributed by atoms with E-state index in [9.17, 15) is 9.59 Å². The van der Waals surface area contributed by atoms with Gasteiger partial charge >= 0.3 is 0 Å². The number of carbonyl (C=O) groups excluding carboxylic acids is 2. The van der Waals surface area contributed by atoms with Gasteiger partial charge < -0.3 is 19.4 Å². The maximum atomic E-state index is 12.8. The number of rotatable bonds is 4. The van der Waals surface area contributed by atoms with Gasteiger partial charge in [0.2, 0.25) is 5.91 Å². The predicted octanol–water partition coefficient (Wildman–Crippen LogP) is 3.36. The van der Waals surface area contributed by atoms with E-state index in [0.29, 0.717) is 18.8 Å². The molecule has 2 amide bonds. The van der Waals surface area contributed by atoms with Crippen molar-refractivity contribution >= 4 is 22.6 Å². The van der Waals surface area contributed by atoms with Crippen LogP contribution in [0, 0.1) is 0 Å². The van der Waals surface area contributed by atoms with Gasteiger partial charge in [0.05, 0.1) is 0 Å². The minimum absolute atomic E-state index is 0.168. The van der Waals surface area contributed by atoms with E-state index < -0.39 is 5.54 Å². The van der Waals surface area contributed by atoms with Crippen LogP contribution in [0.4, 0.5) is 0 Å². The molecule has 1 aliphatic rings. The Morgan fingerprint density at radius 1 is 1.14 bits per heavy atom. The monoisotopic (exact) mass is 378 g/mol. The lowest BCUT2D eigenvalue weighted by Crippen LogP contribution is -2.63. The summed E-state index contributed by atoms with van der Waals surface area (Å²) in [6.45, 7) is 4.56. The zero-order chi connectivity index (χ0) is 19.7. The van der Waals surface area contributed by atoms with E-state index in [1.807, 2.05) is 42.5 Å². The maximum Gasteiger partial charge on any atom is 0.290 e. The summed E-state index contributed by atoms with van der Waals surface area (Å²) in [7, 11) is 0. The number of furan rings is 1. The molecule has 0 atom stereocenters. The molecule has 1 N–H and O–H groups in total. The van der Waals surface area contributed by atoms with Gasteiger partial charge in [-0.05, 0) is 48.9 Å². The lowest BCUT2D eigenvalue weighted by molar-refractivity contribution is -0.133. The number of amides is 2. The molecule has 1 saturated heterocycles. The number of fused-ring (bicyclic) bond motifs is 1. The third-order valence-electron chi connectivity index (χ3n) is 5.07. The molecule has 0 aliphatic carbocycles. The topological polar surface area (TPSA) is 71.8 Å². The Hall–Kier alpha value is -3.28. The summed E-state index contributed by atoms with van der Waals surface area (Å²) in [5.74, 6) is 1.03. The van der Waals surface area contributed by atoms with Gasteiger partial charge in [0, 0.05) is 13.1 Å². The molecule has 6 nitrogen and oxygen atoms in total.